The Morgan fingerprint density at radius 1 is 1.24 bits per heavy atom. The smallest absolute Gasteiger partial charge is 0.143 e. The molecule has 1 aromatic carbocycles. The summed E-state index contributed by atoms with van der Waals surface area (Å²) in [5.41, 5.74) is 2.18. The van der Waals surface area contributed by atoms with Gasteiger partial charge in [0.1, 0.15) is 5.75 Å². The molecule has 1 aliphatic rings. The topological polar surface area (TPSA) is 21.3 Å². The second kappa shape index (κ2) is 7.93. The van der Waals surface area contributed by atoms with Crippen molar-refractivity contribution in [2.75, 3.05) is 12.4 Å². The van der Waals surface area contributed by atoms with Crippen LogP contribution < -0.4 is 10.1 Å². The van der Waals surface area contributed by atoms with E-state index in [1.165, 1.54) is 44.9 Å². The van der Waals surface area contributed by atoms with Gasteiger partial charge in [0.2, 0.25) is 0 Å². The van der Waals surface area contributed by atoms with Gasteiger partial charge in [-0.05, 0) is 43.7 Å². The average molecular weight is 310 g/mol. The van der Waals surface area contributed by atoms with Crippen molar-refractivity contribution >= 4 is 17.3 Å². The van der Waals surface area contributed by atoms with E-state index >= 15 is 0 Å². The molecule has 2 rings (SSSR count). The summed E-state index contributed by atoms with van der Waals surface area (Å²) in [4.78, 5) is 0. The van der Waals surface area contributed by atoms with Crippen LogP contribution in [0.15, 0.2) is 12.1 Å². The third-order valence-corrected chi connectivity index (χ3v) is 5.03. The number of hydrogen-bond acceptors (Lipinski definition) is 2. The summed E-state index contributed by atoms with van der Waals surface area (Å²) >= 11 is 6.18. The second-order valence-corrected chi connectivity index (χ2v) is 6.71. The molecule has 0 heterocycles. The standard InChI is InChI=1S/C18H28ClNO/c1-4-6-14-7-5-8-15(10-9-14)20-17-11-13(2)16(19)12-18(17)21-3/h11-12,14-15,20H,4-10H2,1-3H3. The first-order valence-corrected chi connectivity index (χ1v) is 8.62. The van der Waals surface area contributed by atoms with Crippen molar-refractivity contribution in [3.63, 3.8) is 0 Å². The highest BCUT2D eigenvalue weighted by Gasteiger charge is 2.19. The van der Waals surface area contributed by atoms with E-state index in [4.69, 9.17) is 16.3 Å². The van der Waals surface area contributed by atoms with Crippen molar-refractivity contribution < 1.29 is 4.74 Å². The summed E-state index contributed by atoms with van der Waals surface area (Å²) < 4.78 is 5.47. The molecule has 118 valence electrons. The maximum absolute atomic E-state index is 6.18. The second-order valence-electron chi connectivity index (χ2n) is 6.31. The molecule has 0 amide bonds. The van der Waals surface area contributed by atoms with Gasteiger partial charge in [-0.2, -0.15) is 0 Å². The van der Waals surface area contributed by atoms with Crippen LogP contribution in [0.3, 0.4) is 0 Å². The first-order valence-electron chi connectivity index (χ1n) is 8.24. The Bertz CT molecular complexity index is 461. The molecule has 2 nitrogen and oxygen atoms in total. The minimum Gasteiger partial charge on any atom is -0.495 e. The predicted octanol–water partition coefficient (Wildman–Crippen LogP) is 5.82. The Labute approximate surface area is 134 Å². The van der Waals surface area contributed by atoms with E-state index in [2.05, 4.69) is 18.3 Å². The molecular weight excluding hydrogens is 282 g/mol. The van der Waals surface area contributed by atoms with Gasteiger partial charge in [0.25, 0.3) is 0 Å². The van der Waals surface area contributed by atoms with Gasteiger partial charge in [-0.15, -0.1) is 0 Å². The van der Waals surface area contributed by atoms with Crippen LogP contribution >= 0.6 is 11.6 Å². The molecule has 1 fully saturated rings. The van der Waals surface area contributed by atoms with Gasteiger partial charge in [0.15, 0.2) is 0 Å². The first kappa shape index (κ1) is 16.5. The molecule has 0 radical (unpaired) electrons. The van der Waals surface area contributed by atoms with Crippen molar-refractivity contribution in [1.29, 1.82) is 0 Å². The average Bonchev–Trinajstić information content (AvgIpc) is 2.69. The maximum Gasteiger partial charge on any atom is 0.143 e. The number of benzene rings is 1. The molecule has 21 heavy (non-hydrogen) atoms. The molecule has 2 atom stereocenters. The molecule has 1 aromatic rings. The third-order valence-electron chi connectivity index (χ3n) is 4.63. The van der Waals surface area contributed by atoms with Crippen LogP contribution in [0.5, 0.6) is 5.75 Å². The van der Waals surface area contributed by atoms with E-state index < -0.39 is 0 Å². The number of halogens is 1. The zero-order chi connectivity index (χ0) is 15.2. The molecule has 2 unspecified atom stereocenters. The number of rotatable bonds is 5. The SMILES string of the molecule is CCCC1CCCC(Nc2cc(C)c(Cl)cc2OC)CC1. The van der Waals surface area contributed by atoms with Crippen LogP contribution in [0.2, 0.25) is 5.02 Å². The highest BCUT2D eigenvalue weighted by atomic mass is 35.5. The van der Waals surface area contributed by atoms with E-state index in [-0.39, 0.29) is 0 Å². The lowest BCUT2D eigenvalue weighted by Crippen LogP contribution is -2.19. The number of aryl methyl sites for hydroxylation is 1. The number of hydrogen-bond donors (Lipinski definition) is 1. The molecule has 1 N–H and O–H groups in total. The third kappa shape index (κ3) is 4.54. The van der Waals surface area contributed by atoms with Crippen molar-refractivity contribution in [2.24, 2.45) is 5.92 Å². The van der Waals surface area contributed by atoms with Crippen LogP contribution in [0.4, 0.5) is 5.69 Å². The molecule has 0 spiro atoms. The maximum atomic E-state index is 6.18. The number of nitrogens with one attached hydrogen (secondary N) is 1. The van der Waals surface area contributed by atoms with Gasteiger partial charge < -0.3 is 10.1 Å². The van der Waals surface area contributed by atoms with Crippen molar-refractivity contribution in [1.82, 2.24) is 0 Å². The Hall–Kier alpha value is -0.890. The van der Waals surface area contributed by atoms with E-state index in [0.29, 0.717) is 6.04 Å². The van der Waals surface area contributed by atoms with Gasteiger partial charge in [-0.25, -0.2) is 0 Å². The van der Waals surface area contributed by atoms with Crippen molar-refractivity contribution in [3.05, 3.63) is 22.7 Å². The fourth-order valence-corrected chi connectivity index (χ4v) is 3.54. The lowest BCUT2D eigenvalue weighted by molar-refractivity contribution is 0.414. The van der Waals surface area contributed by atoms with E-state index in [1.54, 1.807) is 7.11 Å². The Kier molecular flexibility index (Phi) is 6.22. The zero-order valence-electron chi connectivity index (χ0n) is 13.5. The molecule has 0 aromatic heterocycles. The molecule has 1 saturated carbocycles. The number of anilines is 1. The van der Waals surface area contributed by atoms with Crippen molar-refractivity contribution in [2.45, 2.75) is 64.8 Å². The summed E-state index contributed by atoms with van der Waals surface area (Å²) in [6, 6.07) is 4.58. The normalized spacial score (nSPS) is 22.7. The Morgan fingerprint density at radius 2 is 2.05 bits per heavy atom. The van der Waals surface area contributed by atoms with Gasteiger partial charge in [-0.3, -0.25) is 0 Å². The molecule has 0 saturated heterocycles. The van der Waals surface area contributed by atoms with Gasteiger partial charge >= 0.3 is 0 Å². The van der Waals surface area contributed by atoms with Crippen LogP contribution in [0.25, 0.3) is 0 Å². The summed E-state index contributed by atoms with van der Waals surface area (Å²) in [6.45, 7) is 4.33. The van der Waals surface area contributed by atoms with Gasteiger partial charge in [0.05, 0.1) is 12.8 Å². The minimum absolute atomic E-state index is 0.557. The molecule has 0 aliphatic heterocycles. The number of ether oxygens (including phenoxy) is 1. The summed E-state index contributed by atoms with van der Waals surface area (Å²) in [7, 11) is 1.70. The molecule has 1 aliphatic carbocycles. The fraction of sp³-hybridized carbons (Fsp3) is 0.667. The Balaban J connectivity index is 2.03. The monoisotopic (exact) mass is 309 g/mol. The quantitative estimate of drug-likeness (QED) is 0.692. The van der Waals surface area contributed by atoms with E-state index in [0.717, 1.165) is 27.9 Å². The van der Waals surface area contributed by atoms with Crippen LogP contribution in [0.1, 0.15) is 57.4 Å². The highest BCUT2D eigenvalue weighted by molar-refractivity contribution is 6.31. The minimum atomic E-state index is 0.557. The van der Waals surface area contributed by atoms with Crippen LogP contribution in [-0.4, -0.2) is 13.2 Å². The molecular formula is C18H28ClNO. The van der Waals surface area contributed by atoms with Crippen LogP contribution in [0, 0.1) is 12.8 Å². The lowest BCUT2D eigenvalue weighted by atomic mass is 9.95. The summed E-state index contributed by atoms with van der Waals surface area (Å²) in [6.07, 6.45) is 9.28. The summed E-state index contributed by atoms with van der Waals surface area (Å²) in [5, 5.41) is 4.45. The van der Waals surface area contributed by atoms with Gasteiger partial charge in [-0.1, -0.05) is 44.2 Å². The summed E-state index contributed by atoms with van der Waals surface area (Å²) in [5.74, 6) is 1.77. The van der Waals surface area contributed by atoms with Crippen molar-refractivity contribution in [3.8, 4) is 5.75 Å². The zero-order valence-corrected chi connectivity index (χ0v) is 14.3. The van der Waals surface area contributed by atoms with Gasteiger partial charge in [0, 0.05) is 17.1 Å². The van der Waals surface area contributed by atoms with Crippen LogP contribution in [-0.2, 0) is 0 Å². The first-order chi connectivity index (χ1) is 10.1. The van der Waals surface area contributed by atoms with E-state index in [9.17, 15) is 0 Å². The largest absolute Gasteiger partial charge is 0.495 e. The lowest BCUT2D eigenvalue weighted by Gasteiger charge is -2.21. The fourth-order valence-electron chi connectivity index (χ4n) is 3.38. The van der Waals surface area contributed by atoms with E-state index in [1.807, 2.05) is 13.0 Å². The Morgan fingerprint density at radius 3 is 2.76 bits per heavy atom. The predicted molar refractivity (Wildman–Crippen MR) is 91.6 cm³/mol. The molecule has 3 heteroatoms. The highest BCUT2D eigenvalue weighted by Crippen LogP contribution is 2.34. The number of methoxy groups -OCH3 is 1. The molecule has 0 bridgehead atoms.